The molecule has 0 fully saturated rings. The van der Waals surface area contributed by atoms with Crippen molar-refractivity contribution in [2.45, 2.75) is 62.7 Å². The van der Waals surface area contributed by atoms with Crippen LogP contribution in [0.5, 0.6) is 0 Å². The Labute approximate surface area is 225 Å². The molecule has 0 saturated heterocycles. The number of guanidine groups is 2. The molecule has 16 N–H and O–H groups in total. The summed E-state index contributed by atoms with van der Waals surface area (Å²) in [5.41, 5.74) is 32.2. The SMILES string of the molecule is NC(=O)CCC(NC(=O)C(CCCN=C(N)N)NC(=O)C(N)CCCN=C(N)N)C(=O)NC(CS)C(=O)O. The zero-order chi connectivity index (χ0) is 29.3. The fraction of sp³-hybridized carbons (Fsp3) is 0.650. The van der Waals surface area contributed by atoms with Crippen molar-refractivity contribution >= 4 is 54.1 Å². The van der Waals surface area contributed by atoms with Crippen molar-refractivity contribution in [3.8, 4) is 0 Å². The van der Waals surface area contributed by atoms with Crippen LogP contribution in [0.2, 0.25) is 0 Å². The van der Waals surface area contributed by atoms with E-state index in [4.69, 9.17) is 34.4 Å². The van der Waals surface area contributed by atoms with E-state index in [9.17, 15) is 29.1 Å². The highest BCUT2D eigenvalue weighted by molar-refractivity contribution is 7.80. The number of rotatable bonds is 19. The van der Waals surface area contributed by atoms with Crippen LogP contribution in [0.15, 0.2) is 9.98 Å². The fourth-order valence-corrected chi connectivity index (χ4v) is 3.23. The zero-order valence-corrected chi connectivity index (χ0v) is 21.9. The second-order valence-electron chi connectivity index (χ2n) is 8.21. The average molecular weight is 562 g/mol. The van der Waals surface area contributed by atoms with E-state index in [0.717, 1.165) is 0 Å². The summed E-state index contributed by atoms with van der Waals surface area (Å²) in [5, 5.41) is 16.4. The minimum atomic E-state index is -1.34. The number of nitrogens with one attached hydrogen (secondary N) is 3. The van der Waals surface area contributed by atoms with Crippen LogP contribution in [0.3, 0.4) is 0 Å². The Kier molecular flexibility index (Phi) is 16.6. The second-order valence-corrected chi connectivity index (χ2v) is 8.58. The molecule has 0 radical (unpaired) electrons. The number of carbonyl (C=O) groups excluding carboxylic acids is 4. The van der Waals surface area contributed by atoms with Gasteiger partial charge in [0.25, 0.3) is 0 Å². The largest absolute Gasteiger partial charge is 0.480 e. The maximum absolute atomic E-state index is 13.1. The van der Waals surface area contributed by atoms with Gasteiger partial charge in [0, 0.05) is 25.3 Å². The first-order valence-corrected chi connectivity index (χ1v) is 12.3. The summed E-state index contributed by atoms with van der Waals surface area (Å²) in [6.07, 6.45) is 0.459. The second kappa shape index (κ2) is 18.4. The Morgan fingerprint density at radius 2 is 1.16 bits per heavy atom. The molecule has 0 rings (SSSR count). The fourth-order valence-electron chi connectivity index (χ4n) is 2.99. The van der Waals surface area contributed by atoms with E-state index < -0.39 is 53.8 Å². The van der Waals surface area contributed by atoms with Gasteiger partial charge in [-0.2, -0.15) is 12.6 Å². The molecule has 4 amide bonds. The van der Waals surface area contributed by atoms with Crippen molar-refractivity contribution < 1.29 is 29.1 Å². The molecule has 0 aliphatic heterocycles. The molecular weight excluding hydrogens is 522 g/mol. The number of hydrogen-bond donors (Lipinski definition) is 11. The molecule has 0 aromatic rings. The van der Waals surface area contributed by atoms with Gasteiger partial charge >= 0.3 is 5.97 Å². The van der Waals surface area contributed by atoms with Crippen LogP contribution in [-0.4, -0.2) is 89.6 Å². The number of nitrogens with two attached hydrogens (primary N) is 6. The standard InChI is InChI=1S/C20H39N11O6S/c21-10(3-1-7-27-19(23)24)15(33)29-11(4-2-8-28-20(25)26)16(34)30-12(5-6-14(22)32)17(35)31-13(9-38)18(36)37/h10-13,38H,1-9,21H2,(H2,22,32)(H,29,33)(H,30,34)(H,31,35)(H,36,37)(H4,23,24,27)(H4,25,26,28). The first kappa shape index (κ1) is 34.2. The Balaban J connectivity index is 5.55. The first-order chi connectivity index (χ1) is 17.8. The molecule has 4 atom stereocenters. The van der Waals surface area contributed by atoms with E-state index in [2.05, 4.69) is 38.6 Å². The maximum Gasteiger partial charge on any atom is 0.327 e. The zero-order valence-electron chi connectivity index (χ0n) is 21.0. The molecule has 4 unspecified atom stereocenters. The van der Waals surface area contributed by atoms with Crippen molar-refractivity contribution in [2.75, 3.05) is 18.8 Å². The van der Waals surface area contributed by atoms with Crippen molar-refractivity contribution in [3.05, 3.63) is 0 Å². The molecule has 0 bridgehead atoms. The molecule has 0 spiro atoms. The van der Waals surface area contributed by atoms with Gasteiger partial charge in [-0.1, -0.05) is 0 Å². The van der Waals surface area contributed by atoms with Crippen LogP contribution in [0.4, 0.5) is 0 Å². The summed E-state index contributed by atoms with van der Waals surface area (Å²) < 4.78 is 0. The van der Waals surface area contributed by atoms with Gasteiger partial charge in [-0.3, -0.25) is 29.2 Å². The van der Waals surface area contributed by atoms with E-state index in [-0.39, 0.29) is 62.9 Å². The number of carboxylic acids is 1. The number of thiol groups is 1. The minimum absolute atomic E-state index is 0.0631. The molecule has 0 aromatic carbocycles. The first-order valence-electron chi connectivity index (χ1n) is 11.7. The molecule has 0 aliphatic carbocycles. The number of hydrogen-bond acceptors (Lipinski definition) is 9. The van der Waals surface area contributed by atoms with E-state index >= 15 is 0 Å². The molecule has 0 aliphatic rings. The van der Waals surface area contributed by atoms with E-state index in [0.29, 0.717) is 6.42 Å². The summed E-state index contributed by atoms with van der Waals surface area (Å²) in [4.78, 5) is 68.6. The number of carboxylic acid groups (broad SMARTS) is 1. The number of carbonyl (C=O) groups is 5. The lowest BCUT2D eigenvalue weighted by Gasteiger charge is -2.25. The number of amides is 4. The molecule has 216 valence electrons. The van der Waals surface area contributed by atoms with Gasteiger partial charge in [-0.15, -0.1) is 0 Å². The van der Waals surface area contributed by atoms with Gasteiger partial charge in [-0.25, -0.2) is 4.79 Å². The molecule has 0 aromatic heterocycles. The highest BCUT2D eigenvalue weighted by atomic mass is 32.1. The monoisotopic (exact) mass is 561 g/mol. The summed E-state index contributed by atoms with van der Waals surface area (Å²) in [6.45, 7) is 0.409. The quantitative estimate of drug-likeness (QED) is 0.0307. The molecule has 0 saturated carbocycles. The molecular formula is C20H39N11O6S. The Morgan fingerprint density at radius 3 is 1.61 bits per heavy atom. The van der Waals surface area contributed by atoms with Crippen LogP contribution in [0, 0.1) is 0 Å². The average Bonchev–Trinajstić information content (AvgIpc) is 2.83. The van der Waals surface area contributed by atoms with Gasteiger partial charge in [-0.05, 0) is 32.1 Å². The normalized spacial score (nSPS) is 13.6. The van der Waals surface area contributed by atoms with Crippen LogP contribution < -0.4 is 50.4 Å². The van der Waals surface area contributed by atoms with E-state index in [1.54, 1.807) is 0 Å². The third-order valence-electron chi connectivity index (χ3n) is 4.99. The van der Waals surface area contributed by atoms with Gasteiger partial charge in [0.1, 0.15) is 18.1 Å². The van der Waals surface area contributed by atoms with E-state index in [1.165, 1.54) is 0 Å². The number of aliphatic imine (C=N–C) groups is 2. The molecule has 17 nitrogen and oxygen atoms in total. The minimum Gasteiger partial charge on any atom is -0.480 e. The summed E-state index contributed by atoms with van der Waals surface area (Å²) in [7, 11) is 0. The predicted octanol–water partition coefficient (Wildman–Crippen LogP) is -4.84. The summed E-state index contributed by atoms with van der Waals surface area (Å²) >= 11 is 3.88. The molecule has 0 heterocycles. The Morgan fingerprint density at radius 1 is 0.711 bits per heavy atom. The third kappa shape index (κ3) is 15.3. The van der Waals surface area contributed by atoms with Crippen molar-refractivity contribution in [1.82, 2.24) is 16.0 Å². The highest BCUT2D eigenvalue weighted by Crippen LogP contribution is 2.05. The van der Waals surface area contributed by atoms with Gasteiger partial charge < -0.3 is 55.5 Å². The summed E-state index contributed by atoms with van der Waals surface area (Å²) in [6, 6.07) is -4.82. The summed E-state index contributed by atoms with van der Waals surface area (Å²) in [5.74, 6) is -4.85. The van der Waals surface area contributed by atoms with Crippen LogP contribution in [0.25, 0.3) is 0 Å². The maximum atomic E-state index is 13.1. The smallest absolute Gasteiger partial charge is 0.327 e. The van der Waals surface area contributed by atoms with Crippen molar-refractivity contribution in [3.63, 3.8) is 0 Å². The lowest BCUT2D eigenvalue weighted by molar-refractivity contribution is -0.141. The number of primary amides is 1. The topological polar surface area (TPSA) is 323 Å². The number of aliphatic carboxylic acids is 1. The van der Waals surface area contributed by atoms with Crippen molar-refractivity contribution in [1.29, 1.82) is 0 Å². The lowest BCUT2D eigenvalue weighted by atomic mass is 10.1. The highest BCUT2D eigenvalue weighted by Gasteiger charge is 2.30. The van der Waals surface area contributed by atoms with Crippen molar-refractivity contribution in [2.24, 2.45) is 44.4 Å². The van der Waals surface area contributed by atoms with Gasteiger partial charge in [0.05, 0.1) is 6.04 Å². The van der Waals surface area contributed by atoms with Crippen LogP contribution >= 0.6 is 12.6 Å². The molecule has 38 heavy (non-hydrogen) atoms. The lowest BCUT2D eigenvalue weighted by Crippen LogP contribution is -2.57. The Bertz CT molecular complexity index is 878. The van der Waals surface area contributed by atoms with Crippen LogP contribution in [0.1, 0.15) is 38.5 Å². The van der Waals surface area contributed by atoms with Crippen LogP contribution in [-0.2, 0) is 24.0 Å². The predicted molar refractivity (Wildman–Crippen MR) is 144 cm³/mol. The third-order valence-corrected chi connectivity index (χ3v) is 5.36. The number of nitrogens with zero attached hydrogens (tertiary/aromatic N) is 2. The molecule has 18 heteroatoms. The van der Waals surface area contributed by atoms with E-state index in [1.807, 2.05) is 0 Å². The van der Waals surface area contributed by atoms with Gasteiger partial charge in [0.2, 0.25) is 23.6 Å². The van der Waals surface area contributed by atoms with Gasteiger partial charge in [0.15, 0.2) is 11.9 Å². The Hall–Kier alpha value is -3.80.